The fourth-order valence-corrected chi connectivity index (χ4v) is 5.60. The van der Waals surface area contributed by atoms with Crippen LogP contribution in [-0.2, 0) is 9.59 Å². The van der Waals surface area contributed by atoms with Gasteiger partial charge in [0.15, 0.2) is 0 Å². The van der Waals surface area contributed by atoms with E-state index in [0.29, 0.717) is 35.3 Å². The zero-order valence-electron chi connectivity index (χ0n) is 21.2. The van der Waals surface area contributed by atoms with Gasteiger partial charge in [-0.05, 0) is 74.8 Å². The number of benzene rings is 1. The number of hydrogen-bond donors (Lipinski definition) is 1. The molecule has 0 saturated heterocycles. The van der Waals surface area contributed by atoms with Crippen molar-refractivity contribution in [2.75, 3.05) is 4.42 Å². The molecule has 2 fully saturated rings. The van der Waals surface area contributed by atoms with Gasteiger partial charge in [0.1, 0.15) is 5.76 Å². The number of carbonyl (C=O) groups is 2. The lowest BCUT2D eigenvalue weighted by molar-refractivity contribution is -0.137. The highest BCUT2D eigenvalue weighted by atomic mass is 35.5. The van der Waals surface area contributed by atoms with Gasteiger partial charge in [0.05, 0.1) is 11.4 Å². The molecule has 1 N–H and O–H groups in total. The molecule has 190 valence electrons. The number of aromatic nitrogens is 1. The van der Waals surface area contributed by atoms with Crippen LogP contribution in [0.3, 0.4) is 0 Å². The minimum absolute atomic E-state index is 0.0336. The number of anilines is 1. The number of hydrogen-bond acceptors (Lipinski definition) is 4. The summed E-state index contributed by atoms with van der Waals surface area (Å²) >= 11 is 6.40. The van der Waals surface area contributed by atoms with Crippen molar-refractivity contribution < 1.29 is 19.2 Å². The van der Waals surface area contributed by atoms with E-state index in [2.05, 4.69) is 25.9 Å². The van der Waals surface area contributed by atoms with Crippen molar-refractivity contribution in [2.45, 2.75) is 96.8 Å². The third kappa shape index (κ3) is 6.46. The first-order valence-electron chi connectivity index (χ1n) is 12.8. The number of carboxylic acid groups (broad SMARTS) is 1. The minimum atomic E-state index is -0.885. The van der Waals surface area contributed by atoms with E-state index in [-0.39, 0.29) is 24.7 Å². The van der Waals surface area contributed by atoms with Gasteiger partial charge in [-0.25, -0.2) is 4.42 Å². The second kappa shape index (κ2) is 10.3. The van der Waals surface area contributed by atoms with Crippen LogP contribution in [-0.4, -0.2) is 22.1 Å². The van der Waals surface area contributed by atoms with Gasteiger partial charge in [-0.2, -0.15) is 0 Å². The minimum Gasteiger partial charge on any atom is -0.481 e. The van der Waals surface area contributed by atoms with Crippen molar-refractivity contribution in [3.63, 3.8) is 0 Å². The predicted octanol–water partition coefficient (Wildman–Crippen LogP) is 7.32. The molecule has 1 heterocycles. The Morgan fingerprint density at radius 1 is 1.17 bits per heavy atom. The van der Waals surface area contributed by atoms with E-state index >= 15 is 0 Å². The maximum Gasteiger partial charge on any atom is 0.303 e. The van der Waals surface area contributed by atoms with Crippen molar-refractivity contribution in [1.29, 1.82) is 0 Å². The number of carbonyl (C=O) groups excluding carboxylic acids is 1. The maximum absolute atomic E-state index is 13.1. The summed E-state index contributed by atoms with van der Waals surface area (Å²) in [5.41, 5.74) is 3.90. The molecule has 2 saturated carbocycles. The zero-order chi connectivity index (χ0) is 25.3. The lowest BCUT2D eigenvalue weighted by atomic mass is 9.66. The summed E-state index contributed by atoms with van der Waals surface area (Å²) in [4.78, 5) is 24.5. The second-order valence-electron chi connectivity index (χ2n) is 11.8. The average molecular weight is 501 g/mol. The van der Waals surface area contributed by atoms with Crippen molar-refractivity contribution >= 4 is 29.3 Å². The third-order valence-corrected chi connectivity index (χ3v) is 7.65. The second-order valence-corrected chi connectivity index (χ2v) is 12.1. The average Bonchev–Trinajstić information content (AvgIpc) is 3.51. The summed E-state index contributed by atoms with van der Waals surface area (Å²) in [5, 5.41) is 13.8. The molecular weight excluding hydrogens is 464 g/mol. The first-order valence-corrected chi connectivity index (χ1v) is 13.1. The molecule has 2 aliphatic rings. The normalized spacial score (nSPS) is 20.8. The monoisotopic (exact) mass is 500 g/mol. The van der Waals surface area contributed by atoms with Gasteiger partial charge in [-0.1, -0.05) is 43.6 Å². The number of carboxylic acids is 1. The van der Waals surface area contributed by atoms with Crippen LogP contribution in [0.15, 0.2) is 28.8 Å². The molecule has 4 rings (SSSR count). The van der Waals surface area contributed by atoms with Crippen LogP contribution in [0.25, 0.3) is 0 Å². The van der Waals surface area contributed by atoms with Crippen LogP contribution in [0.1, 0.15) is 112 Å². The van der Waals surface area contributed by atoms with Crippen LogP contribution in [0.2, 0.25) is 0 Å². The Bertz CT molecular complexity index is 1050. The van der Waals surface area contributed by atoms with Crippen molar-refractivity contribution in [2.24, 2.45) is 11.3 Å². The zero-order valence-corrected chi connectivity index (χ0v) is 22.0. The first kappa shape index (κ1) is 25.7. The smallest absolute Gasteiger partial charge is 0.303 e. The quantitative estimate of drug-likeness (QED) is 0.345. The Kier molecular flexibility index (Phi) is 7.60. The van der Waals surface area contributed by atoms with Crippen LogP contribution < -0.4 is 4.42 Å². The van der Waals surface area contributed by atoms with Gasteiger partial charge in [0.25, 0.3) is 0 Å². The number of rotatable bonds is 10. The van der Waals surface area contributed by atoms with Crippen molar-refractivity contribution in [3.05, 3.63) is 46.8 Å². The Morgan fingerprint density at radius 2 is 1.83 bits per heavy atom. The summed E-state index contributed by atoms with van der Waals surface area (Å²) in [7, 11) is 0. The van der Waals surface area contributed by atoms with Crippen LogP contribution in [0.5, 0.6) is 0 Å². The van der Waals surface area contributed by atoms with Gasteiger partial charge in [0.2, 0.25) is 5.91 Å². The molecule has 2 aromatic rings. The lowest BCUT2D eigenvalue weighted by Crippen LogP contribution is -2.26. The van der Waals surface area contributed by atoms with Crippen LogP contribution in [0.4, 0.5) is 5.69 Å². The van der Waals surface area contributed by atoms with E-state index in [1.807, 2.05) is 19.1 Å². The van der Waals surface area contributed by atoms with Crippen molar-refractivity contribution in [1.82, 2.24) is 5.16 Å². The largest absolute Gasteiger partial charge is 0.481 e. The van der Waals surface area contributed by atoms with Crippen LogP contribution >= 0.6 is 11.8 Å². The summed E-state index contributed by atoms with van der Waals surface area (Å²) < 4.78 is 7.08. The number of aryl methyl sites for hydroxylation is 1. The summed E-state index contributed by atoms with van der Waals surface area (Å²) in [6.45, 7) is 8.82. The third-order valence-electron chi connectivity index (χ3n) is 7.27. The molecule has 35 heavy (non-hydrogen) atoms. The van der Waals surface area contributed by atoms with E-state index in [1.54, 1.807) is 12.1 Å². The van der Waals surface area contributed by atoms with Gasteiger partial charge in [0, 0.05) is 42.0 Å². The maximum atomic E-state index is 13.1. The molecule has 6 nitrogen and oxygen atoms in total. The molecule has 1 aromatic carbocycles. The fourth-order valence-electron chi connectivity index (χ4n) is 5.42. The van der Waals surface area contributed by atoms with E-state index < -0.39 is 5.97 Å². The molecule has 0 bridgehead atoms. The van der Waals surface area contributed by atoms with E-state index in [4.69, 9.17) is 16.3 Å². The highest BCUT2D eigenvalue weighted by Crippen LogP contribution is 2.53. The Morgan fingerprint density at radius 3 is 2.40 bits per heavy atom. The van der Waals surface area contributed by atoms with Gasteiger partial charge in [-0.15, -0.1) is 0 Å². The predicted molar refractivity (Wildman–Crippen MR) is 137 cm³/mol. The topological polar surface area (TPSA) is 83.6 Å². The standard InChI is InChI=1S/C28H37ClN2O4/c1-17-5-10-22(11-6-17)31(29)23(32)15-20(9-12-24(33)34)26-25(19-7-8-19)27(35-30-26)21-13-18(14-21)16-28(2,3)4/h5-6,10-11,18-21H,7-9,12-16H2,1-4H3,(H,33,34). The molecule has 0 spiro atoms. The molecule has 1 unspecified atom stereocenters. The highest BCUT2D eigenvalue weighted by Gasteiger charge is 2.42. The molecule has 0 aliphatic heterocycles. The Balaban J connectivity index is 1.53. The molecule has 1 amide bonds. The Hall–Kier alpha value is -2.34. The number of amides is 1. The van der Waals surface area contributed by atoms with Gasteiger partial charge < -0.3 is 9.63 Å². The summed E-state index contributed by atoms with van der Waals surface area (Å²) in [6, 6.07) is 7.42. The molecule has 0 radical (unpaired) electrons. The number of halogens is 1. The van der Waals surface area contributed by atoms with Crippen molar-refractivity contribution in [3.8, 4) is 0 Å². The number of nitrogens with zero attached hydrogens (tertiary/aromatic N) is 2. The van der Waals surface area contributed by atoms with E-state index in [1.165, 1.54) is 6.42 Å². The first-order chi connectivity index (χ1) is 16.5. The summed E-state index contributed by atoms with van der Waals surface area (Å²) in [6.07, 6.45) is 5.96. The Labute approximate surface area is 213 Å². The van der Waals surface area contributed by atoms with E-state index in [0.717, 1.165) is 52.7 Å². The van der Waals surface area contributed by atoms with Gasteiger partial charge >= 0.3 is 5.97 Å². The molecule has 2 aliphatic carbocycles. The number of aliphatic carboxylic acids is 1. The summed E-state index contributed by atoms with van der Waals surface area (Å²) in [5.74, 6) is 0.942. The highest BCUT2D eigenvalue weighted by molar-refractivity contribution is 6.36. The molecular formula is C28H37ClN2O4. The molecule has 7 heteroatoms. The lowest BCUT2D eigenvalue weighted by Gasteiger charge is -2.38. The molecule has 1 aromatic heterocycles. The van der Waals surface area contributed by atoms with Gasteiger partial charge in [-0.3, -0.25) is 9.59 Å². The van der Waals surface area contributed by atoms with Crippen LogP contribution in [0, 0.1) is 18.3 Å². The fraction of sp³-hybridized carbons (Fsp3) is 0.607. The SMILES string of the molecule is Cc1ccc(N(Cl)C(=O)CC(CCC(=O)O)c2noc(C3CC(CC(C)(C)C)C3)c2C2CC2)cc1. The molecule has 1 atom stereocenters. The van der Waals surface area contributed by atoms with E-state index in [9.17, 15) is 14.7 Å².